The summed E-state index contributed by atoms with van der Waals surface area (Å²) in [5.74, 6) is 3.00. The zero-order chi connectivity index (χ0) is 33.0. The molecule has 3 heterocycles. The Hall–Kier alpha value is -6.33. The van der Waals surface area contributed by atoms with E-state index in [2.05, 4.69) is 103 Å². The number of nitrogens with zero attached hydrogens (tertiary/aromatic N) is 3. The van der Waals surface area contributed by atoms with E-state index in [1.807, 2.05) is 54.6 Å². The van der Waals surface area contributed by atoms with Gasteiger partial charge in [0.2, 0.25) is 0 Å². The number of hydrogen-bond donors (Lipinski definition) is 0. The summed E-state index contributed by atoms with van der Waals surface area (Å²) in [7, 11) is 0. The maximum Gasteiger partial charge on any atom is 0.164 e. The van der Waals surface area contributed by atoms with E-state index in [0.717, 1.165) is 56.4 Å². The molecule has 5 aromatic carbocycles. The van der Waals surface area contributed by atoms with Gasteiger partial charge in [-0.3, -0.25) is 0 Å². The van der Waals surface area contributed by atoms with Crippen molar-refractivity contribution in [2.45, 2.75) is 24.4 Å². The second kappa shape index (κ2) is 11.7. The maximum atomic E-state index is 6.58. The summed E-state index contributed by atoms with van der Waals surface area (Å²) in [6.07, 6.45) is 13.9. The average molecular weight is 646 g/mol. The first-order chi connectivity index (χ1) is 24.8. The lowest BCUT2D eigenvalue weighted by Gasteiger charge is -2.22. The van der Waals surface area contributed by atoms with E-state index in [1.54, 1.807) is 0 Å². The molecule has 3 unspecified atom stereocenters. The van der Waals surface area contributed by atoms with Crippen LogP contribution in [0.2, 0.25) is 0 Å². The van der Waals surface area contributed by atoms with E-state index < -0.39 is 0 Å². The molecule has 50 heavy (non-hydrogen) atoms. The molecule has 0 N–H and O–H groups in total. The number of aromatic nitrogens is 3. The van der Waals surface area contributed by atoms with Gasteiger partial charge >= 0.3 is 0 Å². The number of furan rings is 1. The van der Waals surface area contributed by atoms with E-state index in [1.165, 1.54) is 16.7 Å². The first-order valence-electron chi connectivity index (χ1n) is 17.1. The van der Waals surface area contributed by atoms with Crippen molar-refractivity contribution in [3.8, 4) is 28.5 Å². The summed E-state index contributed by atoms with van der Waals surface area (Å²) in [4.78, 5) is 15.6. The second-order valence-corrected chi connectivity index (χ2v) is 13.0. The largest absolute Gasteiger partial charge is 0.484 e. The van der Waals surface area contributed by atoms with Crippen LogP contribution in [0.1, 0.15) is 40.8 Å². The third-order valence-electron chi connectivity index (χ3n) is 10.1. The van der Waals surface area contributed by atoms with Crippen LogP contribution in [0.4, 0.5) is 0 Å². The van der Waals surface area contributed by atoms with Crippen LogP contribution in [-0.2, 0) is 0 Å². The summed E-state index contributed by atoms with van der Waals surface area (Å²) < 4.78 is 13.1. The standard InChI is InChI=1S/C45H31N3O2/c1-3-12-28(13-4-1)29-22-24-30(25-23-29)32-26-37(41-35-17-8-10-21-39(35)49-40(41)27-32)45-47-43(31-14-5-2-6-15-31)46-44(48-45)36-19-11-18-34-33-16-7-9-20-38(33)50-42(34)36/h1-24,26-27,30,34,42H,25H2. The van der Waals surface area contributed by atoms with Crippen molar-refractivity contribution < 1.29 is 9.15 Å². The van der Waals surface area contributed by atoms with Crippen LogP contribution in [0.15, 0.2) is 162 Å². The number of rotatable bonds is 5. The van der Waals surface area contributed by atoms with Gasteiger partial charge in [-0.15, -0.1) is 0 Å². The first kappa shape index (κ1) is 28.7. The molecule has 2 aromatic heterocycles. The van der Waals surface area contributed by atoms with Gasteiger partial charge in [-0.05, 0) is 47.4 Å². The van der Waals surface area contributed by atoms with Gasteiger partial charge in [0.05, 0.1) is 0 Å². The molecule has 0 bridgehead atoms. The van der Waals surface area contributed by atoms with Gasteiger partial charge in [-0.25, -0.2) is 15.0 Å². The molecule has 3 aliphatic rings. The number of para-hydroxylation sites is 2. The predicted molar refractivity (Wildman–Crippen MR) is 200 cm³/mol. The predicted octanol–water partition coefficient (Wildman–Crippen LogP) is 10.7. The van der Waals surface area contributed by atoms with Crippen molar-refractivity contribution in [2.24, 2.45) is 0 Å². The molecule has 0 radical (unpaired) electrons. The van der Waals surface area contributed by atoms with E-state index >= 15 is 0 Å². The molecule has 5 heteroatoms. The summed E-state index contributed by atoms with van der Waals surface area (Å²) in [5, 5.41) is 2.04. The van der Waals surface area contributed by atoms with Crippen LogP contribution in [0.25, 0.3) is 55.9 Å². The zero-order valence-electron chi connectivity index (χ0n) is 27.1. The van der Waals surface area contributed by atoms with Crippen molar-refractivity contribution >= 4 is 33.1 Å². The first-order valence-corrected chi connectivity index (χ1v) is 17.1. The van der Waals surface area contributed by atoms with Crippen molar-refractivity contribution in [1.29, 1.82) is 0 Å². The molecule has 10 rings (SSSR count). The average Bonchev–Trinajstić information content (AvgIpc) is 3.77. The molecule has 0 fully saturated rings. The Balaban J connectivity index is 1.14. The van der Waals surface area contributed by atoms with Gasteiger partial charge in [0.15, 0.2) is 17.5 Å². The summed E-state index contributed by atoms with van der Waals surface area (Å²) in [6, 6.07) is 41.6. The molecular formula is C45H31N3O2. The van der Waals surface area contributed by atoms with E-state index in [4.69, 9.17) is 24.1 Å². The molecule has 238 valence electrons. The monoisotopic (exact) mass is 645 g/mol. The van der Waals surface area contributed by atoms with Gasteiger partial charge in [0, 0.05) is 44.9 Å². The third kappa shape index (κ3) is 4.81. The zero-order valence-corrected chi connectivity index (χ0v) is 27.1. The highest BCUT2D eigenvalue weighted by Crippen LogP contribution is 2.46. The van der Waals surface area contributed by atoms with Gasteiger partial charge in [0.1, 0.15) is 23.0 Å². The van der Waals surface area contributed by atoms with E-state index in [-0.39, 0.29) is 17.9 Å². The number of allylic oxidation sites excluding steroid dienone is 6. The highest BCUT2D eigenvalue weighted by Gasteiger charge is 2.38. The molecule has 2 aliphatic carbocycles. The van der Waals surface area contributed by atoms with Crippen LogP contribution in [0, 0.1) is 0 Å². The molecule has 1 aliphatic heterocycles. The molecule has 3 atom stereocenters. The number of benzene rings is 5. The minimum Gasteiger partial charge on any atom is -0.484 e. The fourth-order valence-corrected chi connectivity index (χ4v) is 7.59. The lowest BCUT2D eigenvalue weighted by Crippen LogP contribution is -2.23. The Kier molecular flexibility index (Phi) is 6.69. The number of hydrogen-bond acceptors (Lipinski definition) is 5. The highest BCUT2D eigenvalue weighted by molar-refractivity contribution is 6.12. The summed E-state index contributed by atoms with van der Waals surface area (Å²) in [6.45, 7) is 0. The van der Waals surface area contributed by atoms with Crippen LogP contribution >= 0.6 is 0 Å². The van der Waals surface area contributed by atoms with Crippen molar-refractivity contribution in [3.05, 3.63) is 180 Å². The second-order valence-electron chi connectivity index (χ2n) is 13.0. The molecule has 0 saturated heterocycles. The van der Waals surface area contributed by atoms with Crippen LogP contribution in [-0.4, -0.2) is 21.1 Å². The van der Waals surface area contributed by atoms with Crippen molar-refractivity contribution in [2.75, 3.05) is 0 Å². The molecule has 0 spiro atoms. The minimum absolute atomic E-state index is 0.0892. The van der Waals surface area contributed by atoms with Crippen molar-refractivity contribution in [3.63, 3.8) is 0 Å². The molecule has 5 nitrogen and oxygen atoms in total. The quantitative estimate of drug-likeness (QED) is 0.186. The van der Waals surface area contributed by atoms with E-state index in [0.29, 0.717) is 17.5 Å². The van der Waals surface area contributed by atoms with Gasteiger partial charge in [-0.2, -0.15) is 0 Å². The summed E-state index contributed by atoms with van der Waals surface area (Å²) >= 11 is 0. The Morgan fingerprint density at radius 3 is 2.22 bits per heavy atom. The Labute approximate surface area is 289 Å². The number of fused-ring (bicyclic) bond motifs is 6. The van der Waals surface area contributed by atoms with E-state index in [9.17, 15) is 0 Å². The normalized spacial score (nSPS) is 19.2. The van der Waals surface area contributed by atoms with Gasteiger partial charge in [-0.1, -0.05) is 134 Å². The Bertz CT molecular complexity index is 2560. The number of ether oxygens (including phenoxy) is 1. The Morgan fingerprint density at radius 2 is 1.38 bits per heavy atom. The topological polar surface area (TPSA) is 61.0 Å². The minimum atomic E-state index is -0.227. The Morgan fingerprint density at radius 1 is 0.640 bits per heavy atom. The lowest BCUT2D eigenvalue weighted by atomic mass is 9.86. The third-order valence-corrected chi connectivity index (χ3v) is 10.1. The SMILES string of the molecule is C1=CC2c3ccccc3OC2C(c2nc(-c3ccccc3)nc(-c3cc(C4C=CC(c5ccccc5)=CC4)cc4oc5ccccc5c34)n2)=C1. The molecule has 0 saturated carbocycles. The fourth-order valence-electron chi connectivity index (χ4n) is 7.59. The maximum absolute atomic E-state index is 6.58. The molecule has 0 amide bonds. The van der Waals surface area contributed by atoms with Crippen LogP contribution in [0.3, 0.4) is 0 Å². The fraction of sp³-hybridized carbons (Fsp3) is 0.0889. The highest BCUT2D eigenvalue weighted by atomic mass is 16.5. The lowest BCUT2D eigenvalue weighted by molar-refractivity contribution is 0.277. The molecular weight excluding hydrogens is 615 g/mol. The van der Waals surface area contributed by atoms with Crippen LogP contribution in [0.5, 0.6) is 5.75 Å². The smallest absolute Gasteiger partial charge is 0.164 e. The van der Waals surface area contributed by atoms with Gasteiger partial charge < -0.3 is 9.15 Å². The van der Waals surface area contributed by atoms with Crippen LogP contribution < -0.4 is 4.74 Å². The summed E-state index contributed by atoms with van der Waals surface area (Å²) in [5.41, 5.74) is 9.25. The van der Waals surface area contributed by atoms with Crippen molar-refractivity contribution in [1.82, 2.24) is 15.0 Å². The van der Waals surface area contributed by atoms with Gasteiger partial charge in [0.25, 0.3) is 0 Å². The molecule has 7 aromatic rings.